The molecule has 17 heavy (non-hydrogen) atoms. The lowest BCUT2D eigenvalue weighted by Gasteiger charge is -2.29. The average Bonchev–Trinajstić information content (AvgIpc) is 3.08. The van der Waals surface area contributed by atoms with Gasteiger partial charge in [-0.1, -0.05) is 0 Å². The van der Waals surface area contributed by atoms with Gasteiger partial charge in [0.2, 0.25) is 0 Å². The molecule has 4 nitrogen and oxygen atoms in total. The summed E-state index contributed by atoms with van der Waals surface area (Å²) >= 11 is 0. The summed E-state index contributed by atoms with van der Waals surface area (Å²) in [6.45, 7) is 3.09. The third kappa shape index (κ3) is 3.65. The second-order valence-electron chi connectivity index (χ2n) is 5.32. The highest BCUT2D eigenvalue weighted by atomic mass is 16.5. The van der Waals surface area contributed by atoms with Crippen LogP contribution in [-0.4, -0.2) is 45.2 Å². The average molecular weight is 243 g/mol. The van der Waals surface area contributed by atoms with Gasteiger partial charge in [0.15, 0.2) is 0 Å². The molecule has 1 saturated heterocycles. The molecular weight excluding hydrogens is 218 g/mol. The van der Waals surface area contributed by atoms with Crippen molar-refractivity contribution in [2.45, 2.75) is 43.7 Å². The van der Waals surface area contributed by atoms with Crippen molar-refractivity contribution < 1.29 is 14.2 Å². The highest BCUT2D eigenvalue weighted by molar-refractivity contribution is 5.03. The minimum atomic E-state index is -0.136. The molecule has 1 heterocycles. The molecule has 0 spiro atoms. The van der Waals surface area contributed by atoms with E-state index in [0.717, 1.165) is 51.6 Å². The molecule has 0 aromatic carbocycles. The maximum Gasteiger partial charge on any atom is 0.0784 e. The molecule has 2 fully saturated rings. The van der Waals surface area contributed by atoms with E-state index in [1.54, 1.807) is 7.11 Å². The Morgan fingerprint density at radius 2 is 2.12 bits per heavy atom. The van der Waals surface area contributed by atoms with Crippen LogP contribution in [-0.2, 0) is 14.2 Å². The standard InChI is InChI=1S/C13H25NO3/c1-15-7-2-8-16-9-5-13(14)6-10-17-12(13)11-3-4-11/h11-12H,2-10,14H2,1H3. The Hall–Kier alpha value is -0.160. The van der Waals surface area contributed by atoms with Crippen molar-refractivity contribution in [1.82, 2.24) is 0 Å². The van der Waals surface area contributed by atoms with Crippen molar-refractivity contribution in [3.8, 4) is 0 Å². The van der Waals surface area contributed by atoms with E-state index in [2.05, 4.69) is 0 Å². The predicted octanol–water partition coefficient (Wildman–Crippen LogP) is 1.33. The summed E-state index contributed by atoms with van der Waals surface area (Å²) < 4.78 is 16.4. The zero-order valence-corrected chi connectivity index (χ0v) is 10.8. The van der Waals surface area contributed by atoms with Gasteiger partial charge in [0.25, 0.3) is 0 Å². The minimum absolute atomic E-state index is 0.136. The van der Waals surface area contributed by atoms with Crippen LogP contribution in [0.4, 0.5) is 0 Å². The second kappa shape index (κ2) is 6.14. The molecule has 4 heteroatoms. The lowest BCUT2D eigenvalue weighted by molar-refractivity contribution is 0.0413. The van der Waals surface area contributed by atoms with Gasteiger partial charge in [-0.05, 0) is 38.0 Å². The summed E-state index contributed by atoms with van der Waals surface area (Å²) in [4.78, 5) is 0. The molecule has 2 rings (SSSR count). The molecule has 2 N–H and O–H groups in total. The lowest BCUT2D eigenvalue weighted by Crippen LogP contribution is -2.49. The molecule has 1 aliphatic heterocycles. The van der Waals surface area contributed by atoms with Crippen LogP contribution < -0.4 is 5.73 Å². The largest absolute Gasteiger partial charge is 0.385 e. The van der Waals surface area contributed by atoms with E-state index >= 15 is 0 Å². The Morgan fingerprint density at radius 1 is 1.29 bits per heavy atom. The van der Waals surface area contributed by atoms with Gasteiger partial charge >= 0.3 is 0 Å². The summed E-state index contributed by atoms with van der Waals surface area (Å²) in [5.41, 5.74) is 6.32. The van der Waals surface area contributed by atoms with Gasteiger partial charge in [0.05, 0.1) is 6.10 Å². The third-order valence-corrected chi connectivity index (χ3v) is 3.83. The monoisotopic (exact) mass is 243 g/mol. The Bertz CT molecular complexity index is 233. The van der Waals surface area contributed by atoms with E-state index in [0.29, 0.717) is 0 Å². The zero-order valence-electron chi connectivity index (χ0n) is 10.8. The number of hydrogen-bond acceptors (Lipinski definition) is 4. The molecule has 2 aliphatic rings. The van der Waals surface area contributed by atoms with E-state index in [1.807, 2.05) is 0 Å². The maximum atomic E-state index is 6.46. The fourth-order valence-corrected chi connectivity index (χ4v) is 2.63. The summed E-state index contributed by atoms with van der Waals surface area (Å²) in [5, 5.41) is 0. The smallest absolute Gasteiger partial charge is 0.0784 e. The van der Waals surface area contributed by atoms with Crippen molar-refractivity contribution in [3.63, 3.8) is 0 Å². The molecule has 100 valence electrons. The molecule has 1 aliphatic carbocycles. The predicted molar refractivity (Wildman–Crippen MR) is 65.9 cm³/mol. The molecule has 1 saturated carbocycles. The van der Waals surface area contributed by atoms with Crippen LogP contribution in [0.25, 0.3) is 0 Å². The van der Waals surface area contributed by atoms with E-state index in [9.17, 15) is 0 Å². The normalized spacial score (nSPS) is 33.2. The number of ether oxygens (including phenoxy) is 3. The third-order valence-electron chi connectivity index (χ3n) is 3.83. The maximum absolute atomic E-state index is 6.46. The van der Waals surface area contributed by atoms with Crippen LogP contribution >= 0.6 is 0 Å². The van der Waals surface area contributed by atoms with Gasteiger partial charge in [-0.25, -0.2) is 0 Å². The molecule has 2 atom stereocenters. The van der Waals surface area contributed by atoms with Crippen LogP contribution in [0, 0.1) is 5.92 Å². The number of methoxy groups -OCH3 is 1. The summed E-state index contributed by atoms with van der Waals surface area (Å²) in [6, 6.07) is 0. The molecule has 0 aromatic rings. The van der Waals surface area contributed by atoms with E-state index in [1.165, 1.54) is 12.8 Å². The SMILES string of the molecule is COCCCOCCC1(N)CCOC1C1CC1. The first kappa shape index (κ1) is 13.3. The number of nitrogens with two attached hydrogens (primary N) is 1. The highest BCUT2D eigenvalue weighted by Gasteiger charge is 2.48. The van der Waals surface area contributed by atoms with Gasteiger partial charge in [0.1, 0.15) is 0 Å². The Morgan fingerprint density at radius 3 is 2.82 bits per heavy atom. The van der Waals surface area contributed by atoms with Crippen LogP contribution in [0.5, 0.6) is 0 Å². The van der Waals surface area contributed by atoms with Crippen LogP contribution in [0.3, 0.4) is 0 Å². The molecule has 0 bridgehead atoms. The number of hydrogen-bond donors (Lipinski definition) is 1. The lowest BCUT2D eigenvalue weighted by atomic mass is 9.86. The molecule has 0 radical (unpaired) electrons. The quantitative estimate of drug-likeness (QED) is 0.653. The summed E-state index contributed by atoms with van der Waals surface area (Å²) in [6.07, 6.45) is 5.72. The molecule has 0 amide bonds. The molecule has 2 unspecified atom stereocenters. The van der Waals surface area contributed by atoms with Crippen LogP contribution in [0.2, 0.25) is 0 Å². The molecule has 0 aromatic heterocycles. The first-order valence-electron chi connectivity index (χ1n) is 6.73. The van der Waals surface area contributed by atoms with Crippen LogP contribution in [0.1, 0.15) is 32.1 Å². The Balaban J connectivity index is 1.63. The van der Waals surface area contributed by atoms with E-state index in [4.69, 9.17) is 19.9 Å². The zero-order chi connectivity index (χ0) is 12.1. The van der Waals surface area contributed by atoms with Crippen molar-refractivity contribution >= 4 is 0 Å². The van der Waals surface area contributed by atoms with Gasteiger partial charge in [-0.15, -0.1) is 0 Å². The Labute approximate surface area is 104 Å². The van der Waals surface area contributed by atoms with Crippen LogP contribution in [0.15, 0.2) is 0 Å². The van der Waals surface area contributed by atoms with Crippen molar-refractivity contribution in [1.29, 1.82) is 0 Å². The fraction of sp³-hybridized carbons (Fsp3) is 1.00. The second-order valence-corrected chi connectivity index (χ2v) is 5.32. The highest BCUT2D eigenvalue weighted by Crippen LogP contribution is 2.43. The topological polar surface area (TPSA) is 53.7 Å². The van der Waals surface area contributed by atoms with Crippen molar-refractivity contribution in [2.75, 3.05) is 33.5 Å². The van der Waals surface area contributed by atoms with Gasteiger partial charge in [-0.3, -0.25) is 0 Å². The van der Waals surface area contributed by atoms with Crippen molar-refractivity contribution in [2.24, 2.45) is 11.7 Å². The number of rotatable bonds is 8. The van der Waals surface area contributed by atoms with Gasteiger partial charge in [0, 0.05) is 39.1 Å². The summed E-state index contributed by atoms with van der Waals surface area (Å²) in [5.74, 6) is 0.719. The van der Waals surface area contributed by atoms with Gasteiger partial charge in [-0.2, -0.15) is 0 Å². The minimum Gasteiger partial charge on any atom is -0.385 e. The van der Waals surface area contributed by atoms with E-state index in [-0.39, 0.29) is 11.6 Å². The fourth-order valence-electron chi connectivity index (χ4n) is 2.63. The first-order chi connectivity index (χ1) is 8.26. The van der Waals surface area contributed by atoms with E-state index < -0.39 is 0 Å². The van der Waals surface area contributed by atoms with Crippen molar-refractivity contribution in [3.05, 3.63) is 0 Å². The Kier molecular flexibility index (Phi) is 4.79. The van der Waals surface area contributed by atoms with Gasteiger partial charge < -0.3 is 19.9 Å². The molecular formula is C13H25NO3. The summed E-state index contributed by atoms with van der Waals surface area (Å²) in [7, 11) is 1.71. The first-order valence-corrected chi connectivity index (χ1v) is 6.73.